The zero-order valence-electron chi connectivity index (χ0n) is 21.9. The molecule has 2 unspecified atom stereocenters. The zero-order valence-corrected chi connectivity index (χ0v) is 22.7. The van der Waals surface area contributed by atoms with E-state index in [0.29, 0.717) is 19.8 Å². The van der Waals surface area contributed by atoms with Crippen LogP contribution in [0.4, 0.5) is 0 Å². The molecule has 0 bridgehead atoms. The molecule has 210 valence electrons. The summed E-state index contributed by atoms with van der Waals surface area (Å²) in [6.07, 6.45) is -0.0598. The fourth-order valence-corrected chi connectivity index (χ4v) is 6.08. The van der Waals surface area contributed by atoms with Crippen LogP contribution in [0.5, 0.6) is 23.0 Å². The van der Waals surface area contributed by atoms with Crippen molar-refractivity contribution in [2.45, 2.75) is 49.4 Å². The van der Waals surface area contributed by atoms with E-state index in [2.05, 4.69) is 0 Å². The molecule has 4 aliphatic rings. The Labute approximate surface area is 236 Å². The van der Waals surface area contributed by atoms with Gasteiger partial charge in [0.1, 0.15) is 29.9 Å². The normalized spacial score (nSPS) is 28.3. The molecule has 2 fully saturated rings. The number of hydrogen-bond donors (Lipinski definition) is 0. The molecule has 40 heavy (non-hydrogen) atoms. The maximum atomic E-state index is 6.65. The summed E-state index contributed by atoms with van der Waals surface area (Å²) in [5, 5.41) is 0. The van der Waals surface area contributed by atoms with Gasteiger partial charge in [0, 0.05) is 5.56 Å². The molecule has 0 radical (unpaired) electrons. The largest absolute Gasteiger partial charge is 0.454 e. The Morgan fingerprint density at radius 1 is 0.725 bits per heavy atom. The molecular weight excluding hydrogens is 536 g/mol. The Balaban J connectivity index is 1.14. The zero-order chi connectivity index (χ0) is 26.9. The molecule has 0 saturated carbocycles. The quantitative estimate of drug-likeness (QED) is 0.379. The SMILES string of the molecule is CSC1O[C@@H]2COC(c3ccccc3)O[C@@H]2[C@H](OCc2ccc3c(c2)OCO3)[C@H]1OCc1ccc2c(c1)OCO2. The molecular formula is C30H30O9S. The molecule has 6 atom stereocenters. The standard InChI is InChI=1S/C30H30O9S/c1-40-30-28(32-14-19-8-10-22-24(12-19)37-17-35-22)27(31-13-18-7-9-21-23(11-18)36-16-34-21)26-25(38-30)15-33-29(39-26)20-5-3-2-4-6-20/h2-12,25-30H,13-17H2,1H3/t25-,26+,27+,28-,29?,30?/m1/s1. The summed E-state index contributed by atoms with van der Waals surface area (Å²) < 4.78 is 54.4. The molecule has 0 aliphatic carbocycles. The van der Waals surface area contributed by atoms with Crippen molar-refractivity contribution in [2.75, 3.05) is 26.4 Å². The highest BCUT2D eigenvalue weighted by molar-refractivity contribution is 7.99. The van der Waals surface area contributed by atoms with Crippen LogP contribution in [-0.4, -0.2) is 56.3 Å². The highest BCUT2D eigenvalue weighted by Crippen LogP contribution is 2.40. The van der Waals surface area contributed by atoms with Crippen LogP contribution >= 0.6 is 11.8 Å². The van der Waals surface area contributed by atoms with E-state index in [0.717, 1.165) is 39.7 Å². The minimum absolute atomic E-state index is 0.225. The molecule has 4 aliphatic heterocycles. The van der Waals surface area contributed by atoms with E-state index in [1.165, 1.54) is 0 Å². The molecule has 0 N–H and O–H groups in total. The predicted molar refractivity (Wildman–Crippen MR) is 144 cm³/mol. The van der Waals surface area contributed by atoms with Gasteiger partial charge >= 0.3 is 0 Å². The lowest BCUT2D eigenvalue weighted by atomic mass is 9.98. The van der Waals surface area contributed by atoms with E-state index in [4.69, 9.17) is 42.6 Å². The third kappa shape index (κ3) is 5.23. The molecule has 4 heterocycles. The molecule has 2 saturated heterocycles. The molecule has 3 aromatic carbocycles. The van der Waals surface area contributed by atoms with Gasteiger partial charge in [-0.3, -0.25) is 0 Å². The van der Waals surface area contributed by atoms with Gasteiger partial charge in [-0.1, -0.05) is 42.5 Å². The maximum absolute atomic E-state index is 6.65. The number of thioether (sulfide) groups is 1. The Bertz CT molecular complexity index is 1320. The molecule has 10 heteroatoms. The summed E-state index contributed by atoms with van der Waals surface area (Å²) in [4.78, 5) is 0. The van der Waals surface area contributed by atoms with Crippen LogP contribution in [0.25, 0.3) is 0 Å². The van der Waals surface area contributed by atoms with E-state index >= 15 is 0 Å². The van der Waals surface area contributed by atoms with Gasteiger partial charge in [0.25, 0.3) is 0 Å². The van der Waals surface area contributed by atoms with Gasteiger partial charge in [0.05, 0.1) is 19.8 Å². The van der Waals surface area contributed by atoms with Crippen molar-refractivity contribution in [2.24, 2.45) is 0 Å². The summed E-state index contributed by atoms with van der Waals surface area (Å²) in [5.74, 6) is 2.91. The molecule has 0 aromatic heterocycles. The number of rotatable bonds is 8. The van der Waals surface area contributed by atoms with Gasteiger partial charge < -0.3 is 42.6 Å². The van der Waals surface area contributed by atoms with Crippen LogP contribution in [0.1, 0.15) is 23.0 Å². The van der Waals surface area contributed by atoms with Crippen molar-refractivity contribution in [1.82, 2.24) is 0 Å². The highest BCUT2D eigenvalue weighted by atomic mass is 32.2. The fraction of sp³-hybridized carbons (Fsp3) is 0.400. The average Bonchev–Trinajstić information content (AvgIpc) is 3.68. The van der Waals surface area contributed by atoms with Crippen LogP contribution in [0.3, 0.4) is 0 Å². The van der Waals surface area contributed by atoms with Crippen molar-refractivity contribution < 1.29 is 42.6 Å². The smallest absolute Gasteiger partial charge is 0.231 e. The Kier molecular flexibility index (Phi) is 7.44. The lowest BCUT2D eigenvalue weighted by Gasteiger charge is -2.49. The van der Waals surface area contributed by atoms with Gasteiger partial charge in [-0.05, 0) is 41.6 Å². The van der Waals surface area contributed by atoms with E-state index in [1.54, 1.807) is 11.8 Å². The molecule has 0 spiro atoms. The lowest BCUT2D eigenvalue weighted by Crippen LogP contribution is -2.62. The van der Waals surface area contributed by atoms with Crippen LogP contribution in [0.2, 0.25) is 0 Å². The van der Waals surface area contributed by atoms with Crippen LogP contribution in [0, 0.1) is 0 Å². The van der Waals surface area contributed by atoms with Crippen LogP contribution in [0.15, 0.2) is 66.7 Å². The maximum Gasteiger partial charge on any atom is 0.231 e. The van der Waals surface area contributed by atoms with E-state index in [-0.39, 0.29) is 25.1 Å². The van der Waals surface area contributed by atoms with Crippen molar-refractivity contribution in [1.29, 1.82) is 0 Å². The molecule has 3 aromatic rings. The average molecular weight is 567 g/mol. The topological polar surface area (TPSA) is 83.1 Å². The first-order chi connectivity index (χ1) is 19.7. The summed E-state index contributed by atoms with van der Waals surface area (Å²) in [6.45, 7) is 1.53. The third-order valence-corrected chi connectivity index (χ3v) is 8.19. The monoisotopic (exact) mass is 566 g/mol. The van der Waals surface area contributed by atoms with E-state index < -0.39 is 24.6 Å². The van der Waals surface area contributed by atoms with Crippen molar-refractivity contribution >= 4 is 11.8 Å². The first-order valence-electron chi connectivity index (χ1n) is 13.3. The summed E-state index contributed by atoms with van der Waals surface area (Å²) in [6, 6.07) is 21.6. The molecule has 9 nitrogen and oxygen atoms in total. The highest BCUT2D eigenvalue weighted by Gasteiger charge is 2.51. The van der Waals surface area contributed by atoms with Crippen molar-refractivity contribution in [3.05, 3.63) is 83.4 Å². The number of fused-ring (bicyclic) bond motifs is 3. The van der Waals surface area contributed by atoms with Gasteiger partial charge in [-0.15, -0.1) is 11.8 Å². The Morgan fingerprint density at radius 2 is 1.35 bits per heavy atom. The van der Waals surface area contributed by atoms with Crippen LogP contribution in [-0.2, 0) is 36.9 Å². The number of ether oxygens (including phenoxy) is 9. The second-order valence-corrected chi connectivity index (χ2v) is 10.8. The van der Waals surface area contributed by atoms with E-state index in [9.17, 15) is 0 Å². The minimum atomic E-state index is -0.525. The van der Waals surface area contributed by atoms with Gasteiger partial charge in [0.2, 0.25) is 13.6 Å². The molecule has 7 rings (SSSR count). The predicted octanol–water partition coefficient (Wildman–Crippen LogP) is 4.82. The molecule has 0 amide bonds. The van der Waals surface area contributed by atoms with E-state index in [1.807, 2.05) is 73.0 Å². The summed E-state index contributed by atoms with van der Waals surface area (Å²) in [7, 11) is 0. The first-order valence-corrected chi connectivity index (χ1v) is 14.5. The first kappa shape index (κ1) is 25.9. The summed E-state index contributed by atoms with van der Waals surface area (Å²) >= 11 is 1.58. The summed E-state index contributed by atoms with van der Waals surface area (Å²) in [5.41, 5.74) is 2.60. The second-order valence-electron chi connectivity index (χ2n) is 9.88. The number of hydrogen-bond acceptors (Lipinski definition) is 10. The third-order valence-electron chi connectivity index (χ3n) is 7.35. The van der Waals surface area contributed by atoms with Crippen LogP contribution < -0.4 is 18.9 Å². The fourth-order valence-electron chi connectivity index (χ4n) is 5.33. The van der Waals surface area contributed by atoms with Crippen molar-refractivity contribution in [3.63, 3.8) is 0 Å². The second kappa shape index (κ2) is 11.5. The Hall–Kier alpha value is -2.99. The van der Waals surface area contributed by atoms with Gasteiger partial charge in [-0.25, -0.2) is 0 Å². The van der Waals surface area contributed by atoms with Gasteiger partial charge in [0.15, 0.2) is 29.3 Å². The number of benzene rings is 3. The van der Waals surface area contributed by atoms with Gasteiger partial charge in [-0.2, -0.15) is 0 Å². The Morgan fingerprint density at radius 3 is 2.00 bits per heavy atom. The minimum Gasteiger partial charge on any atom is -0.454 e. The van der Waals surface area contributed by atoms with Crippen molar-refractivity contribution in [3.8, 4) is 23.0 Å². The lowest BCUT2D eigenvalue weighted by molar-refractivity contribution is -0.329.